The average molecular weight is 939 g/mol. The molecule has 1 aliphatic heterocycles. The number of hydrogen-bond donors (Lipinski definition) is 6. The molecule has 0 spiro atoms. The zero-order valence-electron chi connectivity index (χ0n) is 43.5. The molecule has 1 heterocycles. The highest BCUT2D eigenvalue weighted by molar-refractivity contribution is 5.76. The van der Waals surface area contributed by atoms with Crippen LogP contribution < -0.4 is 5.32 Å². The lowest BCUT2D eigenvalue weighted by Gasteiger charge is -2.40. The minimum Gasteiger partial charge on any atom is -0.394 e. The van der Waals surface area contributed by atoms with E-state index in [0.717, 1.165) is 38.5 Å². The molecule has 9 heteroatoms. The van der Waals surface area contributed by atoms with Crippen molar-refractivity contribution in [1.29, 1.82) is 0 Å². The Labute approximate surface area is 407 Å². The molecule has 0 aromatic rings. The Balaban J connectivity index is 2.17. The zero-order chi connectivity index (χ0) is 48.0. The van der Waals surface area contributed by atoms with Gasteiger partial charge in [-0.15, -0.1) is 0 Å². The zero-order valence-corrected chi connectivity index (χ0v) is 43.5. The number of amides is 1. The van der Waals surface area contributed by atoms with Crippen molar-refractivity contribution in [3.63, 3.8) is 0 Å². The van der Waals surface area contributed by atoms with Gasteiger partial charge in [0.25, 0.3) is 0 Å². The molecule has 1 aliphatic rings. The lowest BCUT2D eigenvalue weighted by Crippen LogP contribution is -2.60. The quantitative estimate of drug-likeness (QED) is 0.0261. The molecule has 0 bridgehead atoms. The highest BCUT2D eigenvalue weighted by atomic mass is 16.7. The van der Waals surface area contributed by atoms with Gasteiger partial charge in [0.1, 0.15) is 24.4 Å². The second kappa shape index (κ2) is 47.6. The molecule has 6 N–H and O–H groups in total. The van der Waals surface area contributed by atoms with Crippen LogP contribution in [0.2, 0.25) is 0 Å². The molecule has 0 radical (unpaired) electrons. The number of hydrogen-bond acceptors (Lipinski definition) is 8. The van der Waals surface area contributed by atoms with Crippen LogP contribution in [0.1, 0.15) is 290 Å². The van der Waals surface area contributed by atoms with Crippen LogP contribution in [-0.2, 0) is 14.3 Å². The first-order chi connectivity index (χ1) is 32.3. The molecule has 1 amide bonds. The van der Waals surface area contributed by atoms with E-state index in [2.05, 4.69) is 19.2 Å². The maximum absolute atomic E-state index is 13.0. The largest absolute Gasteiger partial charge is 0.394 e. The number of unbranched alkanes of at least 4 members (excludes halogenated alkanes) is 40. The first kappa shape index (κ1) is 62.9. The predicted octanol–water partition coefficient (Wildman–Crippen LogP) is 14.0. The molecule has 0 aromatic heterocycles. The normalized spacial score (nSPS) is 19.8. The third kappa shape index (κ3) is 36.9. The van der Waals surface area contributed by atoms with Crippen LogP contribution in [0.25, 0.3) is 0 Å². The van der Waals surface area contributed by atoms with E-state index in [4.69, 9.17) is 9.47 Å². The first-order valence-corrected chi connectivity index (χ1v) is 28.9. The topological polar surface area (TPSA) is 149 Å². The third-order valence-corrected chi connectivity index (χ3v) is 14.1. The Bertz CT molecular complexity index is 1040. The third-order valence-electron chi connectivity index (χ3n) is 14.1. The van der Waals surface area contributed by atoms with Gasteiger partial charge in [-0.1, -0.05) is 276 Å². The summed E-state index contributed by atoms with van der Waals surface area (Å²) in [5.74, 6) is -0.170. The summed E-state index contributed by atoms with van der Waals surface area (Å²) in [6, 6.07) is -0.800. The minimum atomic E-state index is -1.56. The molecule has 2 unspecified atom stereocenters. The van der Waals surface area contributed by atoms with Crippen molar-refractivity contribution in [2.45, 2.75) is 333 Å². The van der Waals surface area contributed by atoms with Crippen molar-refractivity contribution in [2.24, 2.45) is 0 Å². The standard InChI is InChI=1S/C57H111NO8/c1-3-5-7-9-11-13-15-17-19-21-22-23-24-25-26-27-28-29-30-31-33-35-37-39-41-43-45-47-53(61)58-50(49-65-57-56(64)55(63)54(62)52(48-59)66-57)51(60)46-44-42-40-38-36-34-32-20-18-16-14-12-10-8-6-4-2/h44,46,50-52,54-57,59-60,62-64H,3-43,45,47-49H2,1-2H3,(H,58,61)/b46-44+/t50-,51+,52+,54+,55?,56?,57+/m0/s1. The first-order valence-electron chi connectivity index (χ1n) is 28.9. The van der Waals surface area contributed by atoms with E-state index in [1.807, 2.05) is 6.08 Å². The van der Waals surface area contributed by atoms with E-state index in [1.165, 1.54) is 231 Å². The molecule has 1 fully saturated rings. The van der Waals surface area contributed by atoms with Gasteiger partial charge in [0.05, 0.1) is 25.4 Å². The van der Waals surface area contributed by atoms with Crippen LogP contribution in [0.5, 0.6) is 0 Å². The number of aliphatic hydroxyl groups excluding tert-OH is 5. The molecular formula is C57H111NO8. The summed E-state index contributed by atoms with van der Waals surface area (Å²) in [7, 11) is 0. The number of allylic oxidation sites excluding steroid dienone is 1. The SMILES string of the molecule is CCCCCCCCCCCCCCCC/C=C/[C@@H](O)[C@H](CO[C@@H]1O[C@H](CO)[C@@H](O)C(O)C1O)NC(=O)CCCCCCCCCCCCCCCCCCCCCCCCCCCCC. The average Bonchev–Trinajstić information content (AvgIpc) is 3.32. The van der Waals surface area contributed by atoms with E-state index >= 15 is 0 Å². The summed E-state index contributed by atoms with van der Waals surface area (Å²) in [4.78, 5) is 13.0. The summed E-state index contributed by atoms with van der Waals surface area (Å²) in [6.45, 7) is 3.82. The maximum atomic E-state index is 13.0. The highest BCUT2D eigenvalue weighted by Gasteiger charge is 2.44. The van der Waals surface area contributed by atoms with Crippen LogP contribution in [0.4, 0.5) is 0 Å². The monoisotopic (exact) mass is 938 g/mol. The summed E-state index contributed by atoms with van der Waals surface area (Å²) >= 11 is 0. The fraction of sp³-hybridized carbons (Fsp3) is 0.947. The molecule has 66 heavy (non-hydrogen) atoms. The van der Waals surface area contributed by atoms with Gasteiger partial charge in [0.15, 0.2) is 6.29 Å². The van der Waals surface area contributed by atoms with Crippen molar-refractivity contribution in [1.82, 2.24) is 5.32 Å². The van der Waals surface area contributed by atoms with Gasteiger partial charge in [-0.05, 0) is 19.3 Å². The van der Waals surface area contributed by atoms with Crippen molar-refractivity contribution in [3.8, 4) is 0 Å². The summed E-state index contributed by atoms with van der Waals surface area (Å²) in [5, 5.41) is 54.5. The molecule has 1 rings (SSSR count). The Kier molecular flexibility index (Phi) is 45.4. The molecule has 0 aromatic carbocycles. The van der Waals surface area contributed by atoms with Gasteiger partial charge in [-0.25, -0.2) is 0 Å². The second-order valence-corrected chi connectivity index (χ2v) is 20.5. The van der Waals surface area contributed by atoms with E-state index in [1.54, 1.807) is 6.08 Å². The lowest BCUT2D eigenvalue weighted by molar-refractivity contribution is -0.302. The van der Waals surface area contributed by atoms with Crippen LogP contribution in [0.15, 0.2) is 12.2 Å². The van der Waals surface area contributed by atoms with Crippen molar-refractivity contribution in [2.75, 3.05) is 13.2 Å². The molecule has 9 nitrogen and oxygen atoms in total. The van der Waals surface area contributed by atoms with Gasteiger partial charge < -0.3 is 40.3 Å². The number of aliphatic hydroxyl groups is 5. The Hall–Kier alpha value is -1.07. The van der Waals surface area contributed by atoms with Crippen LogP contribution in [0.3, 0.4) is 0 Å². The van der Waals surface area contributed by atoms with Crippen LogP contribution >= 0.6 is 0 Å². The molecule has 7 atom stereocenters. The summed E-state index contributed by atoms with van der Waals surface area (Å²) in [6.07, 6.45) is 51.4. The fourth-order valence-electron chi connectivity index (χ4n) is 9.51. The van der Waals surface area contributed by atoms with Gasteiger partial charge in [-0.3, -0.25) is 4.79 Å². The number of carbonyl (C=O) groups excluding carboxylic acids is 1. The summed E-state index contributed by atoms with van der Waals surface area (Å²) in [5.41, 5.74) is 0. The van der Waals surface area contributed by atoms with E-state index < -0.39 is 49.5 Å². The van der Waals surface area contributed by atoms with Crippen LogP contribution in [0, 0.1) is 0 Å². The maximum Gasteiger partial charge on any atom is 0.220 e. The van der Waals surface area contributed by atoms with Gasteiger partial charge >= 0.3 is 0 Å². The Morgan fingerprint density at radius 3 is 1.18 bits per heavy atom. The predicted molar refractivity (Wildman–Crippen MR) is 277 cm³/mol. The van der Waals surface area contributed by atoms with Crippen LogP contribution in [-0.4, -0.2) is 87.5 Å². The molecule has 1 saturated heterocycles. The molecule has 0 saturated carbocycles. The van der Waals surface area contributed by atoms with Crippen molar-refractivity contribution in [3.05, 3.63) is 12.2 Å². The molecule has 0 aliphatic carbocycles. The van der Waals surface area contributed by atoms with Crippen molar-refractivity contribution < 1.29 is 39.8 Å². The number of rotatable bonds is 50. The lowest BCUT2D eigenvalue weighted by atomic mass is 9.99. The molecular weight excluding hydrogens is 827 g/mol. The fourth-order valence-corrected chi connectivity index (χ4v) is 9.51. The van der Waals surface area contributed by atoms with Gasteiger partial charge in [0, 0.05) is 6.42 Å². The Morgan fingerprint density at radius 1 is 0.500 bits per heavy atom. The van der Waals surface area contributed by atoms with Gasteiger partial charge in [0.2, 0.25) is 5.91 Å². The van der Waals surface area contributed by atoms with E-state index in [9.17, 15) is 30.3 Å². The highest BCUT2D eigenvalue weighted by Crippen LogP contribution is 2.23. The summed E-state index contributed by atoms with van der Waals surface area (Å²) < 4.78 is 11.3. The van der Waals surface area contributed by atoms with Crippen molar-refractivity contribution >= 4 is 5.91 Å². The number of ether oxygens (including phenoxy) is 2. The number of nitrogens with one attached hydrogen (secondary N) is 1. The van der Waals surface area contributed by atoms with E-state index in [0.29, 0.717) is 6.42 Å². The Morgan fingerprint density at radius 2 is 0.833 bits per heavy atom. The number of carbonyl (C=O) groups is 1. The minimum absolute atomic E-state index is 0.170. The smallest absolute Gasteiger partial charge is 0.220 e. The van der Waals surface area contributed by atoms with E-state index in [-0.39, 0.29) is 12.5 Å². The second-order valence-electron chi connectivity index (χ2n) is 20.5. The van der Waals surface area contributed by atoms with Gasteiger partial charge in [-0.2, -0.15) is 0 Å². The molecule has 392 valence electrons.